The molecule has 1 saturated heterocycles. The molecule has 2 N–H and O–H groups in total. The van der Waals surface area contributed by atoms with Gasteiger partial charge in [-0.2, -0.15) is 5.10 Å². The van der Waals surface area contributed by atoms with E-state index in [2.05, 4.69) is 20.7 Å². The summed E-state index contributed by atoms with van der Waals surface area (Å²) in [5.41, 5.74) is 3.42. The van der Waals surface area contributed by atoms with Crippen LogP contribution in [0.5, 0.6) is 5.75 Å². The third kappa shape index (κ3) is 4.84. The van der Waals surface area contributed by atoms with E-state index < -0.39 is 0 Å². The van der Waals surface area contributed by atoms with Gasteiger partial charge in [-0.15, -0.1) is 11.3 Å². The van der Waals surface area contributed by atoms with Crippen LogP contribution in [0.4, 0.5) is 16.0 Å². The minimum Gasteiger partial charge on any atom is -0.496 e. The highest BCUT2D eigenvalue weighted by Crippen LogP contribution is 2.41. The fourth-order valence-corrected chi connectivity index (χ4v) is 5.05. The molecule has 1 aliphatic heterocycles. The van der Waals surface area contributed by atoms with Crippen molar-refractivity contribution >= 4 is 33.2 Å². The van der Waals surface area contributed by atoms with Crippen LogP contribution in [0.25, 0.3) is 21.3 Å². The molecule has 0 bridgehead atoms. The van der Waals surface area contributed by atoms with E-state index in [1.807, 2.05) is 37.8 Å². The monoisotopic (exact) mass is 468 g/mol. The Morgan fingerprint density at radius 2 is 2.00 bits per heavy atom. The van der Waals surface area contributed by atoms with Gasteiger partial charge in [0.1, 0.15) is 11.6 Å². The number of hydrogen-bond donors (Lipinski definition) is 2. The molecule has 0 saturated carbocycles. The quantitative estimate of drug-likeness (QED) is 0.391. The predicted molar refractivity (Wildman–Crippen MR) is 132 cm³/mol. The maximum absolute atomic E-state index is 13.7. The van der Waals surface area contributed by atoms with Crippen LogP contribution in [0.15, 0.2) is 36.8 Å². The fourth-order valence-electron chi connectivity index (χ4n) is 4.06. The van der Waals surface area contributed by atoms with Crippen LogP contribution >= 0.6 is 11.3 Å². The number of anilines is 2. The summed E-state index contributed by atoms with van der Waals surface area (Å²) in [5.74, 6) is 0.650. The number of piperidine rings is 1. The lowest BCUT2D eigenvalue weighted by Crippen LogP contribution is -2.29. The average molecular weight is 469 g/mol. The number of aromatic nitrogens is 4. The molecular weight excluding hydrogens is 439 g/mol. The van der Waals surface area contributed by atoms with Crippen molar-refractivity contribution in [3.05, 3.63) is 47.5 Å². The first-order chi connectivity index (χ1) is 16.1. The Kier molecular flexibility index (Phi) is 7.20. The largest absolute Gasteiger partial charge is 0.496 e. The van der Waals surface area contributed by atoms with Gasteiger partial charge >= 0.3 is 0 Å². The van der Waals surface area contributed by atoms with E-state index in [4.69, 9.17) is 9.72 Å². The number of methoxy groups -OCH3 is 1. The fraction of sp³-hybridized carbons (Fsp3) is 0.375. The first-order valence-corrected chi connectivity index (χ1v) is 12.1. The Morgan fingerprint density at radius 3 is 2.76 bits per heavy atom. The van der Waals surface area contributed by atoms with Gasteiger partial charge in [-0.1, -0.05) is 13.8 Å². The first kappa shape index (κ1) is 23.1. The second-order valence-electron chi connectivity index (χ2n) is 7.60. The molecule has 0 radical (unpaired) electrons. The average Bonchev–Trinajstić information content (AvgIpc) is 3.44. The van der Waals surface area contributed by atoms with Gasteiger partial charge < -0.3 is 15.4 Å². The number of halogens is 1. The number of aryl methyl sites for hydroxylation is 1. The third-order valence-electron chi connectivity index (χ3n) is 5.58. The minimum atomic E-state index is -0.333. The van der Waals surface area contributed by atoms with Crippen molar-refractivity contribution in [2.24, 2.45) is 0 Å². The molecule has 4 aromatic rings. The third-order valence-corrected chi connectivity index (χ3v) is 6.61. The highest BCUT2D eigenvalue weighted by molar-refractivity contribution is 7.19. The van der Waals surface area contributed by atoms with Gasteiger partial charge in [0.2, 0.25) is 5.95 Å². The van der Waals surface area contributed by atoms with E-state index in [1.54, 1.807) is 30.7 Å². The van der Waals surface area contributed by atoms with Crippen molar-refractivity contribution < 1.29 is 9.13 Å². The van der Waals surface area contributed by atoms with Gasteiger partial charge in [0.25, 0.3) is 0 Å². The van der Waals surface area contributed by atoms with Gasteiger partial charge in [-0.25, -0.2) is 14.4 Å². The summed E-state index contributed by atoms with van der Waals surface area (Å²) in [5, 5.41) is 11.2. The lowest BCUT2D eigenvalue weighted by atomic mass is 10.0. The standard InChI is InChI=1S/C22H23FN6OS.C2H6/c1-13-20(17-4-3-14(23)9-18(17)30-2)21-19(31-13)11-25-22(28-21)27-15-10-26-29(12-15)16-5-7-24-8-6-16;1-2/h3-4,9-12,16,24H,5-8H2,1-2H3,(H,25,27,28);1-2H3. The summed E-state index contributed by atoms with van der Waals surface area (Å²) in [6.45, 7) is 8.06. The van der Waals surface area contributed by atoms with E-state index in [0.717, 1.165) is 57.8 Å². The van der Waals surface area contributed by atoms with Gasteiger partial charge in [0, 0.05) is 28.3 Å². The number of fused-ring (bicyclic) bond motifs is 1. The second-order valence-corrected chi connectivity index (χ2v) is 8.86. The molecule has 0 atom stereocenters. The lowest BCUT2D eigenvalue weighted by Gasteiger charge is -2.22. The molecule has 5 rings (SSSR count). The number of benzene rings is 1. The number of nitrogens with one attached hydrogen (secondary N) is 2. The molecule has 0 amide bonds. The van der Waals surface area contributed by atoms with Gasteiger partial charge in [0.15, 0.2) is 0 Å². The van der Waals surface area contributed by atoms with Gasteiger partial charge in [-0.05, 0) is 45.0 Å². The number of ether oxygens (including phenoxy) is 1. The van der Waals surface area contributed by atoms with E-state index >= 15 is 0 Å². The van der Waals surface area contributed by atoms with Crippen LogP contribution in [0.1, 0.15) is 37.6 Å². The Labute approximate surface area is 197 Å². The molecular formula is C24H29FN6OS. The Bertz CT molecular complexity index is 1230. The first-order valence-electron chi connectivity index (χ1n) is 11.2. The molecule has 0 aliphatic carbocycles. The zero-order valence-electron chi connectivity index (χ0n) is 19.4. The molecule has 33 heavy (non-hydrogen) atoms. The maximum atomic E-state index is 13.7. The topological polar surface area (TPSA) is 76.9 Å². The number of rotatable bonds is 5. The van der Waals surface area contributed by atoms with E-state index in [9.17, 15) is 4.39 Å². The van der Waals surface area contributed by atoms with E-state index in [1.165, 1.54) is 12.1 Å². The van der Waals surface area contributed by atoms with Crippen molar-refractivity contribution in [1.82, 2.24) is 25.1 Å². The maximum Gasteiger partial charge on any atom is 0.227 e. The number of nitrogens with zero attached hydrogens (tertiary/aromatic N) is 4. The van der Waals surface area contributed by atoms with Crippen LogP contribution in [-0.2, 0) is 0 Å². The Morgan fingerprint density at radius 1 is 1.21 bits per heavy atom. The van der Waals surface area contributed by atoms with Crippen LogP contribution in [0.2, 0.25) is 0 Å². The SMILES string of the molecule is CC.COc1cc(F)ccc1-c1c(C)sc2cnc(Nc3cnn(C4CCNCC4)c3)nc12. The van der Waals surface area contributed by atoms with Gasteiger partial charge in [0.05, 0.1) is 41.4 Å². The highest BCUT2D eigenvalue weighted by atomic mass is 32.1. The normalized spacial score (nSPS) is 14.1. The molecule has 1 aliphatic rings. The van der Waals surface area contributed by atoms with Crippen LogP contribution in [0.3, 0.4) is 0 Å². The lowest BCUT2D eigenvalue weighted by molar-refractivity contribution is 0.343. The molecule has 1 aromatic carbocycles. The molecule has 1 fully saturated rings. The Hall–Kier alpha value is -3.04. The van der Waals surface area contributed by atoms with Crippen molar-refractivity contribution in [3.8, 4) is 16.9 Å². The summed E-state index contributed by atoms with van der Waals surface area (Å²) in [7, 11) is 1.55. The van der Waals surface area contributed by atoms with Gasteiger partial charge in [-0.3, -0.25) is 4.68 Å². The summed E-state index contributed by atoms with van der Waals surface area (Å²) in [6.07, 6.45) is 7.77. The van der Waals surface area contributed by atoms with Crippen LogP contribution in [0, 0.1) is 12.7 Å². The highest BCUT2D eigenvalue weighted by Gasteiger charge is 2.19. The van der Waals surface area contributed by atoms with Crippen LogP contribution in [-0.4, -0.2) is 39.9 Å². The summed E-state index contributed by atoms with van der Waals surface area (Å²) in [4.78, 5) is 10.3. The zero-order valence-corrected chi connectivity index (χ0v) is 20.2. The molecule has 7 nitrogen and oxygen atoms in total. The predicted octanol–water partition coefficient (Wildman–Crippen LogP) is 5.71. The van der Waals surface area contributed by atoms with Crippen molar-refractivity contribution in [3.63, 3.8) is 0 Å². The van der Waals surface area contributed by atoms with Crippen molar-refractivity contribution in [2.75, 3.05) is 25.5 Å². The number of thiophene rings is 1. The van der Waals surface area contributed by atoms with Crippen molar-refractivity contribution in [2.45, 2.75) is 39.7 Å². The van der Waals surface area contributed by atoms with Crippen LogP contribution < -0.4 is 15.4 Å². The Balaban J connectivity index is 0.00000126. The molecule has 9 heteroatoms. The molecule has 0 spiro atoms. The van der Waals surface area contributed by atoms with E-state index in [-0.39, 0.29) is 5.82 Å². The summed E-state index contributed by atoms with van der Waals surface area (Å²) >= 11 is 1.61. The summed E-state index contributed by atoms with van der Waals surface area (Å²) in [6, 6.07) is 4.99. The number of hydrogen-bond acceptors (Lipinski definition) is 7. The molecule has 174 valence electrons. The molecule has 4 heterocycles. The minimum absolute atomic E-state index is 0.333. The smallest absolute Gasteiger partial charge is 0.227 e. The molecule has 3 aromatic heterocycles. The van der Waals surface area contributed by atoms with Crippen molar-refractivity contribution in [1.29, 1.82) is 0 Å². The summed E-state index contributed by atoms with van der Waals surface area (Å²) < 4.78 is 22.1. The van der Waals surface area contributed by atoms with E-state index in [0.29, 0.717) is 17.7 Å². The molecule has 0 unspecified atom stereocenters. The zero-order chi connectivity index (χ0) is 23.4. The second kappa shape index (κ2) is 10.3.